The van der Waals surface area contributed by atoms with Gasteiger partial charge in [-0.05, 0) is 26.2 Å². The molecule has 0 bridgehead atoms. The Labute approximate surface area is 130 Å². The fraction of sp³-hybridized carbons (Fsp3) is 0.600. The van der Waals surface area contributed by atoms with Gasteiger partial charge in [-0.15, -0.1) is 0 Å². The van der Waals surface area contributed by atoms with Gasteiger partial charge in [-0.1, -0.05) is 18.5 Å². The van der Waals surface area contributed by atoms with E-state index in [2.05, 4.69) is 40.0 Å². The molecule has 0 radical (unpaired) electrons. The summed E-state index contributed by atoms with van der Waals surface area (Å²) >= 11 is 6.45. The molecular formula is C15H22ClN5. The van der Waals surface area contributed by atoms with Gasteiger partial charge in [0, 0.05) is 25.3 Å². The van der Waals surface area contributed by atoms with Crippen LogP contribution in [0.1, 0.15) is 43.8 Å². The maximum Gasteiger partial charge on any atom is 0.0953 e. The molecule has 6 heteroatoms. The van der Waals surface area contributed by atoms with Gasteiger partial charge in [-0.3, -0.25) is 4.68 Å². The van der Waals surface area contributed by atoms with E-state index in [0.717, 1.165) is 48.2 Å². The summed E-state index contributed by atoms with van der Waals surface area (Å²) in [6.45, 7) is 6.57. The van der Waals surface area contributed by atoms with E-state index < -0.39 is 0 Å². The summed E-state index contributed by atoms with van der Waals surface area (Å²) in [6, 6.07) is 0.707. The molecule has 5 nitrogen and oxygen atoms in total. The number of hydrogen-bond acceptors (Lipinski definition) is 3. The molecule has 2 aromatic heterocycles. The minimum atomic E-state index is 0.707. The molecule has 0 saturated heterocycles. The second-order valence-corrected chi connectivity index (χ2v) is 5.95. The summed E-state index contributed by atoms with van der Waals surface area (Å²) in [6.07, 6.45) is 7.42. The topological polar surface area (TPSA) is 47.7 Å². The van der Waals surface area contributed by atoms with Crippen molar-refractivity contribution >= 4 is 11.6 Å². The lowest BCUT2D eigenvalue weighted by Crippen LogP contribution is -2.15. The maximum atomic E-state index is 6.45. The highest BCUT2D eigenvalue weighted by atomic mass is 35.5. The number of hydrogen-bond donors (Lipinski definition) is 1. The Balaban J connectivity index is 1.71. The quantitative estimate of drug-likeness (QED) is 0.855. The first-order valence-electron chi connectivity index (χ1n) is 7.69. The molecule has 1 aliphatic rings. The Bertz CT molecular complexity index is 612. The van der Waals surface area contributed by atoms with Crippen molar-refractivity contribution in [1.82, 2.24) is 24.6 Å². The van der Waals surface area contributed by atoms with E-state index in [-0.39, 0.29) is 0 Å². The van der Waals surface area contributed by atoms with E-state index >= 15 is 0 Å². The van der Waals surface area contributed by atoms with Crippen LogP contribution in [0.25, 0.3) is 0 Å². The standard InChI is InChI=1S/C15H22ClN5/c1-3-13-15(16)14(21(4-2)19-13)9-20-8-12(18-10-20)7-17-11-5-6-11/h8,10-11,17H,3-7,9H2,1-2H3. The van der Waals surface area contributed by atoms with E-state index in [1.807, 2.05) is 11.0 Å². The van der Waals surface area contributed by atoms with E-state index in [1.165, 1.54) is 12.8 Å². The third-order valence-corrected chi connectivity index (χ3v) is 4.30. The molecule has 1 N–H and O–H groups in total. The minimum Gasteiger partial charge on any atom is -0.331 e. The molecule has 0 aliphatic heterocycles. The van der Waals surface area contributed by atoms with Crippen LogP contribution in [0.5, 0.6) is 0 Å². The molecule has 0 unspecified atom stereocenters. The fourth-order valence-corrected chi connectivity index (χ4v) is 2.79. The Morgan fingerprint density at radius 3 is 2.86 bits per heavy atom. The molecule has 114 valence electrons. The third-order valence-electron chi connectivity index (χ3n) is 3.86. The zero-order valence-electron chi connectivity index (χ0n) is 12.6. The summed E-state index contributed by atoms with van der Waals surface area (Å²) in [7, 11) is 0. The van der Waals surface area contributed by atoms with Crippen molar-refractivity contribution in [2.75, 3.05) is 0 Å². The maximum absolute atomic E-state index is 6.45. The first-order chi connectivity index (χ1) is 10.2. The van der Waals surface area contributed by atoms with Gasteiger partial charge in [0.25, 0.3) is 0 Å². The molecule has 0 amide bonds. The summed E-state index contributed by atoms with van der Waals surface area (Å²) in [4.78, 5) is 4.45. The molecule has 1 aliphatic carbocycles. The average Bonchev–Trinajstić information content (AvgIpc) is 3.14. The second-order valence-electron chi connectivity index (χ2n) is 5.57. The third kappa shape index (κ3) is 3.30. The SMILES string of the molecule is CCc1nn(CC)c(Cn2cnc(CNC3CC3)c2)c1Cl. The number of nitrogens with zero attached hydrogens (tertiary/aromatic N) is 4. The van der Waals surface area contributed by atoms with Crippen LogP contribution < -0.4 is 5.32 Å². The van der Waals surface area contributed by atoms with Gasteiger partial charge in [-0.25, -0.2) is 4.98 Å². The van der Waals surface area contributed by atoms with Crippen LogP contribution in [0.2, 0.25) is 5.02 Å². The number of halogens is 1. The molecule has 2 heterocycles. The van der Waals surface area contributed by atoms with Crippen LogP contribution in [-0.4, -0.2) is 25.4 Å². The van der Waals surface area contributed by atoms with Gasteiger partial charge in [0.05, 0.1) is 35.0 Å². The highest BCUT2D eigenvalue weighted by molar-refractivity contribution is 6.31. The van der Waals surface area contributed by atoms with Crippen LogP contribution in [0.15, 0.2) is 12.5 Å². The van der Waals surface area contributed by atoms with Crippen LogP contribution in [-0.2, 0) is 26.1 Å². The van der Waals surface area contributed by atoms with E-state index in [1.54, 1.807) is 0 Å². The molecule has 0 spiro atoms. The van der Waals surface area contributed by atoms with Crippen molar-refractivity contribution in [3.63, 3.8) is 0 Å². The van der Waals surface area contributed by atoms with E-state index in [9.17, 15) is 0 Å². The lowest BCUT2D eigenvalue weighted by atomic mass is 10.3. The number of nitrogens with one attached hydrogen (secondary N) is 1. The van der Waals surface area contributed by atoms with Crippen LogP contribution >= 0.6 is 11.6 Å². The van der Waals surface area contributed by atoms with Crippen molar-refractivity contribution in [1.29, 1.82) is 0 Å². The Kier molecular flexibility index (Phi) is 4.31. The van der Waals surface area contributed by atoms with Crippen molar-refractivity contribution in [3.05, 3.63) is 34.6 Å². The fourth-order valence-electron chi connectivity index (χ4n) is 2.46. The summed E-state index contributed by atoms with van der Waals surface area (Å²) in [5, 5.41) is 8.83. The van der Waals surface area contributed by atoms with E-state index in [0.29, 0.717) is 6.04 Å². The normalized spacial score (nSPS) is 14.8. The van der Waals surface area contributed by atoms with E-state index in [4.69, 9.17) is 11.6 Å². The number of imidazole rings is 1. The van der Waals surface area contributed by atoms with Gasteiger partial charge < -0.3 is 9.88 Å². The summed E-state index contributed by atoms with van der Waals surface area (Å²) < 4.78 is 4.07. The zero-order valence-corrected chi connectivity index (χ0v) is 13.4. The Morgan fingerprint density at radius 1 is 1.38 bits per heavy atom. The largest absolute Gasteiger partial charge is 0.331 e. The Morgan fingerprint density at radius 2 is 2.19 bits per heavy atom. The minimum absolute atomic E-state index is 0.707. The highest BCUT2D eigenvalue weighted by Gasteiger charge is 2.20. The summed E-state index contributed by atoms with van der Waals surface area (Å²) in [5.74, 6) is 0. The highest BCUT2D eigenvalue weighted by Crippen LogP contribution is 2.23. The smallest absolute Gasteiger partial charge is 0.0953 e. The molecule has 1 saturated carbocycles. The molecular weight excluding hydrogens is 286 g/mol. The monoisotopic (exact) mass is 307 g/mol. The molecule has 1 fully saturated rings. The van der Waals surface area contributed by atoms with Crippen molar-refractivity contribution in [3.8, 4) is 0 Å². The lowest BCUT2D eigenvalue weighted by molar-refractivity contribution is 0.594. The van der Waals surface area contributed by atoms with Crippen molar-refractivity contribution < 1.29 is 0 Å². The molecule has 0 aromatic carbocycles. The van der Waals surface area contributed by atoms with Crippen molar-refractivity contribution in [2.45, 2.75) is 58.8 Å². The Hall–Kier alpha value is -1.33. The second kappa shape index (κ2) is 6.20. The molecule has 2 aromatic rings. The first kappa shape index (κ1) is 14.6. The van der Waals surface area contributed by atoms with Gasteiger partial charge in [0.2, 0.25) is 0 Å². The van der Waals surface area contributed by atoms with Crippen LogP contribution in [0, 0.1) is 0 Å². The van der Waals surface area contributed by atoms with Gasteiger partial charge in [-0.2, -0.15) is 5.10 Å². The lowest BCUT2D eigenvalue weighted by Gasteiger charge is -2.06. The molecule has 0 atom stereocenters. The first-order valence-corrected chi connectivity index (χ1v) is 8.07. The number of aromatic nitrogens is 4. The van der Waals surface area contributed by atoms with Crippen molar-refractivity contribution in [2.24, 2.45) is 0 Å². The van der Waals surface area contributed by atoms with Crippen LogP contribution in [0.3, 0.4) is 0 Å². The molecule has 3 rings (SSSR count). The van der Waals surface area contributed by atoms with Gasteiger partial charge >= 0.3 is 0 Å². The van der Waals surface area contributed by atoms with Gasteiger partial charge in [0.1, 0.15) is 0 Å². The van der Waals surface area contributed by atoms with Crippen LogP contribution in [0.4, 0.5) is 0 Å². The molecule has 21 heavy (non-hydrogen) atoms. The number of rotatable bonds is 7. The zero-order chi connectivity index (χ0) is 14.8. The number of aryl methyl sites for hydroxylation is 2. The average molecular weight is 308 g/mol. The predicted molar refractivity (Wildman–Crippen MR) is 83.5 cm³/mol. The predicted octanol–water partition coefficient (Wildman–Crippen LogP) is 2.62. The summed E-state index contributed by atoms with van der Waals surface area (Å²) in [5.41, 5.74) is 3.12. The van der Waals surface area contributed by atoms with Gasteiger partial charge in [0.15, 0.2) is 0 Å².